The average molecular weight is 416 g/mol. The van der Waals surface area contributed by atoms with Crippen LogP contribution in [0.15, 0.2) is 78.9 Å². The second-order valence-corrected chi connectivity index (χ2v) is 7.27. The van der Waals surface area contributed by atoms with Gasteiger partial charge in [-0.05, 0) is 48.5 Å². The van der Waals surface area contributed by atoms with Crippen molar-refractivity contribution < 1.29 is 14.3 Å². The highest BCUT2D eigenvalue weighted by molar-refractivity contribution is 5.97. The number of carbonyl (C=O) groups is 2. The maximum absolute atomic E-state index is 12.4. The van der Waals surface area contributed by atoms with Crippen LogP contribution in [0, 0.1) is 0 Å². The monoisotopic (exact) mass is 416 g/mol. The molecular formula is C24H24N4O3. The standard InChI is InChI=1S/C24H24N4O3/c1-31-22-9-5-8-21(15-22)28-16-20(14-23(28)29)27-24(30)26-19-12-10-18(11-13-19)25-17-6-3-2-4-7-17/h2-13,15,20,25H,14,16H2,1H3,(H2,26,27,30)/t20-/m1/s1. The normalized spacial score (nSPS) is 15.5. The molecule has 0 aromatic heterocycles. The summed E-state index contributed by atoms with van der Waals surface area (Å²) in [6.45, 7) is 0.416. The van der Waals surface area contributed by atoms with Crippen molar-refractivity contribution in [1.82, 2.24) is 5.32 Å². The first-order chi connectivity index (χ1) is 15.1. The predicted octanol–water partition coefficient (Wildman–Crippen LogP) is 4.37. The van der Waals surface area contributed by atoms with E-state index in [9.17, 15) is 9.59 Å². The molecule has 1 aliphatic rings. The van der Waals surface area contributed by atoms with Crippen molar-refractivity contribution in [3.05, 3.63) is 78.9 Å². The molecule has 1 fully saturated rings. The highest BCUT2D eigenvalue weighted by Crippen LogP contribution is 2.25. The second-order valence-electron chi connectivity index (χ2n) is 7.27. The number of amides is 3. The molecule has 0 unspecified atom stereocenters. The molecule has 158 valence electrons. The lowest BCUT2D eigenvalue weighted by Crippen LogP contribution is -2.39. The zero-order valence-corrected chi connectivity index (χ0v) is 17.2. The summed E-state index contributed by atoms with van der Waals surface area (Å²) in [4.78, 5) is 26.5. The largest absolute Gasteiger partial charge is 0.497 e. The maximum atomic E-state index is 12.4. The fourth-order valence-corrected chi connectivity index (χ4v) is 3.51. The third-order valence-corrected chi connectivity index (χ3v) is 5.03. The third-order valence-electron chi connectivity index (χ3n) is 5.03. The zero-order valence-electron chi connectivity index (χ0n) is 17.2. The number of nitrogens with one attached hydrogen (secondary N) is 3. The molecule has 4 rings (SSSR count). The molecule has 1 aliphatic heterocycles. The molecule has 1 saturated heterocycles. The van der Waals surface area contributed by atoms with Gasteiger partial charge in [-0.15, -0.1) is 0 Å². The van der Waals surface area contributed by atoms with Gasteiger partial charge in [-0.25, -0.2) is 4.79 Å². The van der Waals surface area contributed by atoms with Gasteiger partial charge in [0.1, 0.15) is 5.75 Å². The van der Waals surface area contributed by atoms with Gasteiger partial charge in [0.05, 0.1) is 13.2 Å². The van der Waals surface area contributed by atoms with Gasteiger partial charge in [-0.1, -0.05) is 24.3 Å². The first kappa shape index (κ1) is 20.3. The van der Waals surface area contributed by atoms with Gasteiger partial charge in [0, 0.05) is 41.8 Å². The lowest BCUT2D eigenvalue weighted by atomic mass is 10.2. The van der Waals surface area contributed by atoms with E-state index < -0.39 is 0 Å². The Labute approximate surface area is 181 Å². The van der Waals surface area contributed by atoms with E-state index in [0.29, 0.717) is 18.0 Å². The summed E-state index contributed by atoms with van der Waals surface area (Å²) in [6.07, 6.45) is 0.255. The molecule has 31 heavy (non-hydrogen) atoms. The van der Waals surface area contributed by atoms with Crippen molar-refractivity contribution in [2.75, 3.05) is 29.2 Å². The number of ether oxygens (including phenoxy) is 1. The fourth-order valence-electron chi connectivity index (χ4n) is 3.51. The van der Waals surface area contributed by atoms with Crippen molar-refractivity contribution in [2.24, 2.45) is 0 Å². The average Bonchev–Trinajstić information content (AvgIpc) is 3.15. The number of benzene rings is 3. The van der Waals surface area contributed by atoms with Gasteiger partial charge in [-0.3, -0.25) is 4.79 Å². The molecule has 0 saturated carbocycles. The third kappa shape index (κ3) is 5.14. The molecule has 0 bridgehead atoms. The summed E-state index contributed by atoms with van der Waals surface area (Å²) in [6, 6.07) is 24.0. The fraction of sp³-hybridized carbons (Fsp3) is 0.167. The van der Waals surface area contributed by atoms with Crippen LogP contribution in [0.25, 0.3) is 0 Å². The van der Waals surface area contributed by atoms with Crippen LogP contribution in [0.5, 0.6) is 5.75 Å². The lowest BCUT2D eigenvalue weighted by molar-refractivity contribution is -0.117. The summed E-state index contributed by atoms with van der Waals surface area (Å²) in [5.41, 5.74) is 3.35. The number of anilines is 4. The van der Waals surface area contributed by atoms with Gasteiger partial charge in [0.2, 0.25) is 5.91 Å². The van der Waals surface area contributed by atoms with Gasteiger partial charge in [0.15, 0.2) is 0 Å². The summed E-state index contributed by atoms with van der Waals surface area (Å²) < 4.78 is 5.23. The van der Waals surface area contributed by atoms with Crippen LogP contribution in [-0.2, 0) is 4.79 Å². The molecule has 0 spiro atoms. The van der Waals surface area contributed by atoms with Crippen LogP contribution < -0.4 is 25.6 Å². The van der Waals surface area contributed by atoms with Gasteiger partial charge in [0.25, 0.3) is 0 Å². The Morgan fingerprint density at radius 2 is 1.65 bits per heavy atom. The van der Waals surface area contributed by atoms with Crippen molar-refractivity contribution >= 4 is 34.7 Å². The van der Waals surface area contributed by atoms with Crippen molar-refractivity contribution in [3.8, 4) is 5.75 Å². The van der Waals surface area contributed by atoms with Crippen LogP contribution in [0.1, 0.15) is 6.42 Å². The molecule has 1 atom stereocenters. The Bertz CT molecular complexity index is 1050. The Morgan fingerprint density at radius 3 is 2.39 bits per heavy atom. The number of urea groups is 1. The molecule has 0 aliphatic carbocycles. The molecule has 1 heterocycles. The predicted molar refractivity (Wildman–Crippen MR) is 122 cm³/mol. The van der Waals surface area contributed by atoms with E-state index in [0.717, 1.165) is 17.1 Å². The number of rotatable bonds is 6. The van der Waals surface area contributed by atoms with E-state index in [1.54, 1.807) is 12.0 Å². The molecule has 7 nitrogen and oxygen atoms in total. The van der Waals surface area contributed by atoms with E-state index in [4.69, 9.17) is 4.74 Å². The van der Waals surface area contributed by atoms with Gasteiger partial charge < -0.3 is 25.6 Å². The molecule has 7 heteroatoms. The maximum Gasteiger partial charge on any atom is 0.319 e. The minimum absolute atomic E-state index is 0.0325. The molecule has 3 aromatic carbocycles. The summed E-state index contributed by atoms with van der Waals surface area (Å²) >= 11 is 0. The number of nitrogens with zero attached hydrogens (tertiary/aromatic N) is 1. The molecular weight excluding hydrogens is 392 g/mol. The van der Waals surface area contributed by atoms with Gasteiger partial charge >= 0.3 is 6.03 Å². The molecule has 3 aromatic rings. The van der Waals surface area contributed by atoms with Crippen LogP contribution >= 0.6 is 0 Å². The highest BCUT2D eigenvalue weighted by atomic mass is 16.5. The van der Waals surface area contributed by atoms with Crippen LogP contribution in [0.3, 0.4) is 0 Å². The van der Waals surface area contributed by atoms with Crippen molar-refractivity contribution in [2.45, 2.75) is 12.5 Å². The second kappa shape index (κ2) is 9.21. The number of methoxy groups -OCH3 is 1. The Morgan fingerprint density at radius 1 is 0.935 bits per heavy atom. The lowest BCUT2D eigenvalue weighted by Gasteiger charge is -2.18. The highest BCUT2D eigenvalue weighted by Gasteiger charge is 2.31. The Balaban J connectivity index is 1.31. The van der Waals surface area contributed by atoms with E-state index in [1.807, 2.05) is 78.9 Å². The smallest absolute Gasteiger partial charge is 0.319 e. The number of hydrogen-bond acceptors (Lipinski definition) is 4. The summed E-state index contributed by atoms with van der Waals surface area (Å²) in [5, 5.41) is 9.00. The Kier molecular flexibility index (Phi) is 6.03. The summed E-state index contributed by atoms with van der Waals surface area (Å²) in [7, 11) is 1.59. The number of carbonyl (C=O) groups excluding carboxylic acids is 2. The first-order valence-electron chi connectivity index (χ1n) is 10.0. The van der Waals surface area contributed by atoms with Crippen molar-refractivity contribution in [1.29, 1.82) is 0 Å². The number of para-hydroxylation sites is 1. The van der Waals surface area contributed by atoms with Gasteiger partial charge in [-0.2, -0.15) is 0 Å². The van der Waals surface area contributed by atoms with E-state index in [-0.39, 0.29) is 24.4 Å². The topological polar surface area (TPSA) is 82.7 Å². The molecule has 3 amide bonds. The zero-order chi connectivity index (χ0) is 21.6. The summed E-state index contributed by atoms with van der Waals surface area (Å²) in [5.74, 6) is 0.652. The van der Waals surface area contributed by atoms with Crippen LogP contribution in [0.2, 0.25) is 0 Å². The minimum Gasteiger partial charge on any atom is -0.497 e. The molecule has 3 N–H and O–H groups in total. The number of hydrogen-bond donors (Lipinski definition) is 3. The van der Waals surface area contributed by atoms with Crippen molar-refractivity contribution in [3.63, 3.8) is 0 Å². The minimum atomic E-state index is -0.339. The SMILES string of the molecule is COc1cccc(N2C[C@H](NC(=O)Nc3ccc(Nc4ccccc4)cc3)CC2=O)c1. The Hall–Kier alpha value is -4.00. The van der Waals surface area contributed by atoms with E-state index in [2.05, 4.69) is 16.0 Å². The molecule has 0 radical (unpaired) electrons. The van der Waals surface area contributed by atoms with E-state index in [1.165, 1.54) is 0 Å². The van der Waals surface area contributed by atoms with Crippen LogP contribution in [0.4, 0.5) is 27.5 Å². The van der Waals surface area contributed by atoms with E-state index >= 15 is 0 Å². The quantitative estimate of drug-likeness (QED) is 0.557. The first-order valence-corrected chi connectivity index (χ1v) is 10.0. The van der Waals surface area contributed by atoms with Crippen LogP contribution in [-0.4, -0.2) is 31.6 Å².